The third kappa shape index (κ3) is 2.82. The summed E-state index contributed by atoms with van der Waals surface area (Å²) in [4.78, 5) is 0. The van der Waals surface area contributed by atoms with Crippen molar-refractivity contribution in [1.29, 1.82) is 0 Å². The van der Waals surface area contributed by atoms with Crippen LogP contribution in [-0.4, -0.2) is 10.3 Å². The number of halogens is 1. The molecule has 5 heteroatoms. The molecule has 0 aliphatic heterocycles. The lowest BCUT2D eigenvalue weighted by Crippen LogP contribution is -2.18. The lowest BCUT2D eigenvalue weighted by molar-refractivity contribution is 0.364. The van der Waals surface area contributed by atoms with Crippen LogP contribution in [-0.2, 0) is 6.54 Å². The van der Waals surface area contributed by atoms with E-state index < -0.39 is 5.82 Å². The molecule has 1 aromatic heterocycles. The summed E-state index contributed by atoms with van der Waals surface area (Å²) < 4.78 is 18.5. The molecule has 0 bridgehead atoms. The van der Waals surface area contributed by atoms with Gasteiger partial charge in [-0.2, -0.15) is 0 Å². The highest BCUT2D eigenvalue weighted by Gasteiger charge is 2.11. The zero-order valence-electron chi connectivity index (χ0n) is 9.35. The second-order valence-electron chi connectivity index (χ2n) is 3.79. The average molecular weight is 236 g/mol. The molecule has 2 aromatic rings. The minimum Gasteiger partial charge on any atom is -0.508 e. The normalized spacial score (nSPS) is 12.6. The molecule has 0 spiro atoms. The highest BCUT2D eigenvalue weighted by Crippen LogP contribution is 2.21. The van der Waals surface area contributed by atoms with Crippen molar-refractivity contribution in [1.82, 2.24) is 10.5 Å². The molecule has 0 saturated heterocycles. The monoisotopic (exact) mass is 236 g/mol. The molecular weight excluding hydrogens is 223 g/mol. The number of nitrogens with zero attached hydrogens (tertiary/aromatic N) is 1. The van der Waals surface area contributed by atoms with Crippen molar-refractivity contribution in [3.63, 3.8) is 0 Å². The highest BCUT2D eigenvalue weighted by molar-refractivity contribution is 5.29. The first-order chi connectivity index (χ1) is 8.16. The number of rotatable bonds is 4. The summed E-state index contributed by atoms with van der Waals surface area (Å²) in [7, 11) is 0. The van der Waals surface area contributed by atoms with Gasteiger partial charge in [-0.05, 0) is 13.0 Å². The maximum atomic E-state index is 13.5. The van der Waals surface area contributed by atoms with E-state index in [2.05, 4.69) is 10.5 Å². The zero-order chi connectivity index (χ0) is 12.3. The largest absolute Gasteiger partial charge is 0.508 e. The number of benzene rings is 1. The molecule has 1 aromatic carbocycles. The van der Waals surface area contributed by atoms with Gasteiger partial charge in [0.05, 0.1) is 12.7 Å². The number of hydrogen-bond donors (Lipinski definition) is 2. The third-order valence-electron chi connectivity index (χ3n) is 2.52. The van der Waals surface area contributed by atoms with Crippen LogP contribution >= 0.6 is 0 Å². The first-order valence-corrected chi connectivity index (χ1v) is 5.28. The van der Waals surface area contributed by atoms with Crippen molar-refractivity contribution in [3.05, 3.63) is 47.6 Å². The molecule has 1 heterocycles. The molecular formula is C12H13FN2O2. The Morgan fingerprint density at radius 3 is 2.94 bits per heavy atom. The zero-order valence-corrected chi connectivity index (χ0v) is 9.35. The van der Waals surface area contributed by atoms with Gasteiger partial charge >= 0.3 is 0 Å². The molecule has 0 radical (unpaired) electrons. The van der Waals surface area contributed by atoms with E-state index in [9.17, 15) is 4.39 Å². The smallest absolute Gasteiger partial charge is 0.150 e. The van der Waals surface area contributed by atoms with Crippen LogP contribution in [0.4, 0.5) is 4.39 Å². The van der Waals surface area contributed by atoms with Gasteiger partial charge in [-0.1, -0.05) is 11.2 Å². The molecule has 1 unspecified atom stereocenters. The van der Waals surface area contributed by atoms with Gasteiger partial charge in [0.15, 0.2) is 0 Å². The second kappa shape index (κ2) is 4.97. The Morgan fingerprint density at radius 2 is 2.29 bits per heavy atom. The van der Waals surface area contributed by atoms with E-state index >= 15 is 0 Å². The Hall–Kier alpha value is -1.88. The fourth-order valence-corrected chi connectivity index (χ4v) is 1.56. The van der Waals surface area contributed by atoms with E-state index in [-0.39, 0.29) is 11.8 Å². The average Bonchev–Trinajstić information content (AvgIpc) is 2.78. The van der Waals surface area contributed by atoms with Crippen LogP contribution in [0.25, 0.3) is 0 Å². The van der Waals surface area contributed by atoms with E-state index in [1.165, 1.54) is 6.07 Å². The van der Waals surface area contributed by atoms with Gasteiger partial charge in [0.1, 0.15) is 17.3 Å². The summed E-state index contributed by atoms with van der Waals surface area (Å²) in [6.45, 7) is 2.31. The molecule has 0 amide bonds. The standard InChI is InChI=1S/C12H13FN2O2/c1-8(14-7-10-4-5-15-17-10)11-3-2-9(16)6-12(11)13/h2-6,8,14,16H,7H2,1H3. The van der Waals surface area contributed by atoms with Gasteiger partial charge in [-0.15, -0.1) is 0 Å². The molecule has 1 atom stereocenters. The lowest BCUT2D eigenvalue weighted by atomic mass is 10.1. The van der Waals surface area contributed by atoms with Gasteiger partial charge in [0, 0.05) is 23.7 Å². The molecule has 0 aliphatic carbocycles. The predicted molar refractivity (Wildman–Crippen MR) is 59.8 cm³/mol. The Morgan fingerprint density at radius 1 is 1.47 bits per heavy atom. The molecule has 0 aliphatic rings. The fraction of sp³-hybridized carbons (Fsp3) is 0.250. The topological polar surface area (TPSA) is 58.3 Å². The number of phenolic OH excluding ortho intramolecular Hbond substituents is 1. The van der Waals surface area contributed by atoms with Gasteiger partial charge in [0.2, 0.25) is 0 Å². The molecule has 0 saturated carbocycles. The molecule has 2 rings (SSSR count). The fourth-order valence-electron chi connectivity index (χ4n) is 1.56. The number of nitrogens with one attached hydrogen (secondary N) is 1. The quantitative estimate of drug-likeness (QED) is 0.855. The van der Waals surface area contributed by atoms with Gasteiger partial charge in [-0.25, -0.2) is 4.39 Å². The minimum absolute atomic E-state index is 0.0753. The Balaban J connectivity index is 2.01. The Labute approximate surface area is 98.1 Å². The summed E-state index contributed by atoms with van der Waals surface area (Å²) in [6, 6.07) is 5.68. The van der Waals surface area contributed by atoms with E-state index in [1.807, 2.05) is 6.92 Å². The van der Waals surface area contributed by atoms with Crippen molar-refractivity contribution < 1.29 is 14.0 Å². The van der Waals surface area contributed by atoms with Gasteiger partial charge < -0.3 is 14.9 Å². The van der Waals surface area contributed by atoms with Crippen LogP contribution in [0.3, 0.4) is 0 Å². The van der Waals surface area contributed by atoms with Crippen LogP contribution in [0, 0.1) is 5.82 Å². The predicted octanol–water partition coefficient (Wildman–Crippen LogP) is 2.37. The van der Waals surface area contributed by atoms with Crippen molar-refractivity contribution in [2.45, 2.75) is 19.5 Å². The lowest BCUT2D eigenvalue weighted by Gasteiger charge is -2.14. The van der Waals surface area contributed by atoms with E-state index in [0.29, 0.717) is 17.9 Å². The first-order valence-electron chi connectivity index (χ1n) is 5.28. The van der Waals surface area contributed by atoms with E-state index in [0.717, 1.165) is 6.07 Å². The summed E-state index contributed by atoms with van der Waals surface area (Å²) in [5.41, 5.74) is 0.502. The summed E-state index contributed by atoms with van der Waals surface area (Å²) in [5.74, 6) is 0.187. The Bertz CT molecular complexity index is 485. The molecule has 17 heavy (non-hydrogen) atoms. The van der Waals surface area contributed by atoms with Crippen LogP contribution in [0.15, 0.2) is 35.0 Å². The van der Waals surface area contributed by atoms with Crippen molar-refractivity contribution in [2.24, 2.45) is 0 Å². The SMILES string of the molecule is CC(NCc1ccno1)c1ccc(O)cc1F. The summed E-state index contributed by atoms with van der Waals surface area (Å²) in [6.07, 6.45) is 1.56. The molecule has 90 valence electrons. The third-order valence-corrected chi connectivity index (χ3v) is 2.52. The summed E-state index contributed by atoms with van der Waals surface area (Å²) in [5, 5.41) is 15.8. The van der Waals surface area contributed by atoms with Crippen molar-refractivity contribution in [2.75, 3.05) is 0 Å². The van der Waals surface area contributed by atoms with Crippen molar-refractivity contribution in [3.8, 4) is 5.75 Å². The van der Waals surface area contributed by atoms with E-state index in [4.69, 9.17) is 9.63 Å². The maximum Gasteiger partial charge on any atom is 0.150 e. The molecule has 4 nitrogen and oxygen atoms in total. The van der Waals surface area contributed by atoms with Gasteiger partial charge in [-0.3, -0.25) is 0 Å². The first kappa shape index (κ1) is 11.6. The second-order valence-corrected chi connectivity index (χ2v) is 3.79. The Kier molecular flexibility index (Phi) is 3.39. The number of aromatic nitrogens is 1. The molecule has 0 fully saturated rings. The molecule has 2 N–H and O–H groups in total. The number of hydrogen-bond acceptors (Lipinski definition) is 4. The number of phenols is 1. The van der Waals surface area contributed by atoms with E-state index in [1.54, 1.807) is 18.3 Å². The summed E-state index contributed by atoms with van der Waals surface area (Å²) >= 11 is 0. The van der Waals surface area contributed by atoms with Crippen LogP contribution in [0.1, 0.15) is 24.3 Å². The van der Waals surface area contributed by atoms with Crippen LogP contribution < -0.4 is 5.32 Å². The van der Waals surface area contributed by atoms with Gasteiger partial charge in [0.25, 0.3) is 0 Å². The minimum atomic E-state index is -0.428. The van der Waals surface area contributed by atoms with Crippen LogP contribution in [0.5, 0.6) is 5.75 Å². The highest BCUT2D eigenvalue weighted by atomic mass is 19.1. The van der Waals surface area contributed by atoms with Crippen molar-refractivity contribution >= 4 is 0 Å². The maximum absolute atomic E-state index is 13.5. The van der Waals surface area contributed by atoms with Crippen LogP contribution in [0.2, 0.25) is 0 Å². The number of aromatic hydroxyl groups is 1.